The maximum Gasteiger partial charge on any atom is 0.128 e. The van der Waals surface area contributed by atoms with Crippen LogP contribution in [-0.4, -0.2) is 32.2 Å². The fraction of sp³-hybridized carbons (Fsp3) is 0.462. The number of hydrogen-bond acceptors (Lipinski definition) is 3. The van der Waals surface area contributed by atoms with Gasteiger partial charge in [-0.15, -0.1) is 0 Å². The van der Waals surface area contributed by atoms with Crippen LogP contribution < -0.4 is 0 Å². The van der Waals surface area contributed by atoms with Gasteiger partial charge in [-0.3, -0.25) is 0 Å². The van der Waals surface area contributed by atoms with Crippen molar-refractivity contribution in [3.05, 3.63) is 35.6 Å². The molecule has 0 spiro atoms. The largest absolute Gasteiger partial charge is 0.378 e. The molecule has 1 saturated heterocycles. The second kappa shape index (κ2) is 4.44. The number of hydrogen-bond donors (Lipinski definition) is 0. The molecule has 1 aliphatic heterocycles. The zero-order valence-corrected chi connectivity index (χ0v) is 9.98. The van der Waals surface area contributed by atoms with Crippen molar-refractivity contribution >= 4 is 0 Å². The van der Waals surface area contributed by atoms with Gasteiger partial charge in [0.1, 0.15) is 11.2 Å². The summed E-state index contributed by atoms with van der Waals surface area (Å²) in [5, 5.41) is 9.33. The summed E-state index contributed by atoms with van der Waals surface area (Å²) in [5.74, 6) is -0.271. The third-order valence-electron chi connectivity index (χ3n) is 3.18. The number of rotatable bonds is 3. The first-order chi connectivity index (χ1) is 8.10. The normalized spacial score (nSPS) is 19.5. The van der Waals surface area contributed by atoms with E-state index in [1.807, 2.05) is 19.0 Å². The first kappa shape index (κ1) is 12.0. The summed E-state index contributed by atoms with van der Waals surface area (Å²) in [6.45, 7) is 0.724. The molecule has 1 unspecified atom stereocenters. The fourth-order valence-electron chi connectivity index (χ4n) is 2.37. The highest BCUT2D eigenvalue weighted by Crippen LogP contribution is 2.43. The van der Waals surface area contributed by atoms with Gasteiger partial charge in [-0.1, -0.05) is 18.2 Å². The van der Waals surface area contributed by atoms with Crippen molar-refractivity contribution in [3.63, 3.8) is 0 Å². The molecular weight excluding hydrogens is 219 g/mol. The van der Waals surface area contributed by atoms with Crippen LogP contribution in [0.5, 0.6) is 0 Å². The van der Waals surface area contributed by atoms with E-state index in [0.29, 0.717) is 18.8 Å². The molecule has 1 atom stereocenters. The van der Waals surface area contributed by atoms with Crippen LogP contribution in [0.3, 0.4) is 0 Å². The molecule has 17 heavy (non-hydrogen) atoms. The summed E-state index contributed by atoms with van der Waals surface area (Å²) in [6.07, 6.45) is 0. The molecule has 0 aromatic heterocycles. The number of benzene rings is 1. The van der Waals surface area contributed by atoms with Gasteiger partial charge in [0.15, 0.2) is 0 Å². The van der Waals surface area contributed by atoms with Crippen LogP contribution in [0.4, 0.5) is 4.39 Å². The molecule has 2 rings (SSSR count). The lowest BCUT2D eigenvalue weighted by molar-refractivity contribution is -0.116. The maximum absolute atomic E-state index is 13.9. The average Bonchev–Trinajstić information content (AvgIpc) is 2.24. The number of nitriles is 1. The van der Waals surface area contributed by atoms with Crippen molar-refractivity contribution in [2.45, 2.75) is 6.04 Å². The molecule has 90 valence electrons. The van der Waals surface area contributed by atoms with Crippen molar-refractivity contribution in [2.75, 3.05) is 27.3 Å². The molecule has 0 aliphatic carbocycles. The van der Waals surface area contributed by atoms with Crippen molar-refractivity contribution in [1.29, 1.82) is 5.26 Å². The Labute approximate surface area is 100 Å². The van der Waals surface area contributed by atoms with Gasteiger partial charge < -0.3 is 9.64 Å². The first-order valence-corrected chi connectivity index (χ1v) is 5.50. The van der Waals surface area contributed by atoms with E-state index in [4.69, 9.17) is 4.74 Å². The smallest absolute Gasteiger partial charge is 0.128 e. The topological polar surface area (TPSA) is 36.3 Å². The van der Waals surface area contributed by atoms with Crippen LogP contribution in [0.25, 0.3) is 0 Å². The summed E-state index contributed by atoms with van der Waals surface area (Å²) in [4.78, 5) is 1.88. The van der Waals surface area contributed by atoms with Gasteiger partial charge in [0, 0.05) is 5.56 Å². The van der Waals surface area contributed by atoms with E-state index in [1.165, 1.54) is 6.07 Å². The molecule has 1 fully saturated rings. The Morgan fingerprint density at radius 1 is 1.41 bits per heavy atom. The molecule has 1 aliphatic rings. The van der Waals surface area contributed by atoms with Crippen molar-refractivity contribution in [2.24, 2.45) is 5.41 Å². The molecule has 4 heteroatoms. The molecule has 0 amide bonds. The van der Waals surface area contributed by atoms with E-state index >= 15 is 0 Å². The third-order valence-corrected chi connectivity index (χ3v) is 3.18. The highest BCUT2D eigenvalue weighted by molar-refractivity contribution is 5.28. The van der Waals surface area contributed by atoms with Crippen molar-refractivity contribution < 1.29 is 9.13 Å². The van der Waals surface area contributed by atoms with Crippen LogP contribution in [0.2, 0.25) is 0 Å². The Kier molecular flexibility index (Phi) is 3.14. The monoisotopic (exact) mass is 234 g/mol. The van der Waals surface area contributed by atoms with E-state index < -0.39 is 5.41 Å². The highest BCUT2D eigenvalue weighted by atomic mass is 19.1. The lowest BCUT2D eigenvalue weighted by atomic mass is 9.75. The number of ether oxygens (including phenoxy) is 1. The molecule has 0 saturated carbocycles. The number of halogens is 1. The van der Waals surface area contributed by atoms with E-state index in [-0.39, 0.29) is 11.9 Å². The predicted octanol–water partition coefficient (Wildman–Crippen LogP) is 1.97. The predicted molar refractivity (Wildman–Crippen MR) is 61.7 cm³/mol. The standard InChI is InChI=1S/C13H15FN2O/c1-16(2)12(13(7-15)8-17-9-13)10-5-3-4-6-11(10)14/h3-6,12H,8-9H2,1-2H3. The molecule has 0 N–H and O–H groups in total. The minimum atomic E-state index is -0.633. The zero-order chi connectivity index (χ0) is 12.5. The molecule has 0 radical (unpaired) electrons. The minimum Gasteiger partial charge on any atom is -0.378 e. The van der Waals surface area contributed by atoms with Crippen LogP contribution in [0, 0.1) is 22.6 Å². The minimum absolute atomic E-state index is 0.271. The second-order valence-electron chi connectivity index (χ2n) is 4.65. The third kappa shape index (κ3) is 1.92. The summed E-state index contributed by atoms with van der Waals surface area (Å²) >= 11 is 0. The Morgan fingerprint density at radius 3 is 2.47 bits per heavy atom. The summed E-state index contributed by atoms with van der Waals surface area (Å²) in [6, 6.07) is 8.62. The number of nitrogens with zero attached hydrogens (tertiary/aromatic N) is 2. The zero-order valence-electron chi connectivity index (χ0n) is 9.98. The molecule has 1 aromatic rings. The first-order valence-electron chi connectivity index (χ1n) is 5.50. The van der Waals surface area contributed by atoms with Gasteiger partial charge in [0.2, 0.25) is 0 Å². The van der Waals surface area contributed by atoms with Gasteiger partial charge in [0.05, 0.1) is 25.3 Å². The average molecular weight is 234 g/mol. The van der Waals surface area contributed by atoms with E-state index in [9.17, 15) is 9.65 Å². The molecular formula is C13H15FN2O. The lowest BCUT2D eigenvalue weighted by Gasteiger charge is -2.44. The second-order valence-corrected chi connectivity index (χ2v) is 4.65. The van der Waals surface area contributed by atoms with Crippen LogP contribution in [0.1, 0.15) is 11.6 Å². The maximum atomic E-state index is 13.9. The van der Waals surface area contributed by atoms with Gasteiger partial charge in [0.25, 0.3) is 0 Å². The summed E-state index contributed by atoms with van der Waals surface area (Å²) in [5.41, 5.74) is -0.0755. The Hall–Kier alpha value is -1.44. The van der Waals surface area contributed by atoms with E-state index in [0.717, 1.165) is 0 Å². The van der Waals surface area contributed by atoms with Crippen LogP contribution >= 0.6 is 0 Å². The lowest BCUT2D eigenvalue weighted by Crippen LogP contribution is -2.50. The summed E-state index contributed by atoms with van der Waals surface area (Å²) in [7, 11) is 3.71. The van der Waals surface area contributed by atoms with Crippen molar-refractivity contribution in [1.82, 2.24) is 4.90 Å². The van der Waals surface area contributed by atoms with Crippen LogP contribution in [-0.2, 0) is 4.74 Å². The van der Waals surface area contributed by atoms with Gasteiger partial charge in [-0.2, -0.15) is 5.26 Å². The molecule has 0 bridgehead atoms. The Bertz CT molecular complexity index is 449. The Morgan fingerprint density at radius 2 is 2.06 bits per heavy atom. The highest BCUT2D eigenvalue weighted by Gasteiger charge is 2.48. The fourth-order valence-corrected chi connectivity index (χ4v) is 2.37. The molecule has 1 aromatic carbocycles. The van der Waals surface area contributed by atoms with Crippen LogP contribution in [0.15, 0.2) is 24.3 Å². The summed E-state index contributed by atoms with van der Waals surface area (Å²) < 4.78 is 19.0. The van der Waals surface area contributed by atoms with E-state index in [1.54, 1.807) is 18.2 Å². The quantitative estimate of drug-likeness (QED) is 0.802. The Balaban J connectivity index is 2.44. The van der Waals surface area contributed by atoms with Crippen molar-refractivity contribution in [3.8, 4) is 6.07 Å². The van der Waals surface area contributed by atoms with Gasteiger partial charge in [-0.05, 0) is 20.2 Å². The molecule has 3 nitrogen and oxygen atoms in total. The van der Waals surface area contributed by atoms with E-state index in [2.05, 4.69) is 6.07 Å². The molecule has 1 heterocycles. The SMILES string of the molecule is CN(C)C(c1ccccc1F)C1(C#N)COC1. The van der Waals surface area contributed by atoms with Gasteiger partial charge >= 0.3 is 0 Å². The van der Waals surface area contributed by atoms with Gasteiger partial charge in [-0.25, -0.2) is 4.39 Å².